The first-order valence-electron chi connectivity index (χ1n) is 4.21. The summed E-state index contributed by atoms with van der Waals surface area (Å²) in [7, 11) is 0. The Morgan fingerprint density at radius 2 is 2.19 bits per heavy atom. The first kappa shape index (κ1) is 10.4. The normalized spacial score (nSPS) is 10.3. The van der Waals surface area contributed by atoms with Crippen molar-refractivity contribution in [3.63, 3.8) is 0 Å². The van der Waals surface area contributed by atoms with Gasteiger partial charge < -0.3 is 5.73 Å². The molecule has 0 saturated carbocycles. The van der Waals surface area contributed by atoms with Crippen molar-refractivity contribution in [1.82, 2.24) is 15.0 Å². The maximum absolute atomic E-state index is 11.2. The van der Waals surface area contributed by atoms with Crippen molar-refractivity contribution < 1.29 is 4.79 Å². The van der Waals surface area contributed by atoms with Gasteiger partial charge in [0, 0.05) is 0 Å². The van der Waals surface area contributed by atoms with Crippen molar-refractivity contribution in [2.75, 3.05) is 0 Å². The largest absolute Gasteiger partial charge is 0.366 e. The number of rotatable bonds is 2. The molecule has 0 spiro atoms. The zero-order chi connectivity index (χ0) is 11.7. The zero-order valence-electron chi connectivity index (χ0n) is 8.01. The second-order valence-corrected chi connectivity index (χ2v) is 3.30. The first-order chi connectivity index (χ1) is 7.63. The third-order valence-corrected chi connectivity index (χ3v) is 2.15. The summed E-state index contributed by atoms with van der Waals surface area (Å²) in [5.41, 5.74) is 6.01. The summed E-state index contributed by atoms with van der Waals surface area (Å²) < 4.78 is 0. The fraction of sp³-hybridized carbons (Fsp3) is 0. The van der Waals surface area contributed by atoms with Gasteiger partial charge in [-0.1, -0.05) is 11.6 Å². The van der Waals surface area contributed by atoms with Gasteiger partial charge in [0.1, 0.15) is 22.5 Å². The Hall–Kier alpha value is -2.08. The van der Waals surface area contributed by atoms with Gasteiger partial charge in [0.15, 0.2) is 5.82 Å². The van der Waals surface area contributed by atoms with Crippen LogP contribution in [0.15, 0.2) is 17.4 Å². The molecule has 0 atom stereocenters. The van der Waals surface area contributed by atoms with E-state index < -0.39 is 5.91 Å². The van der Waals surface area contributed by atoms with E-state index in [0.717, 1.165) is 0 Å². The monoisotopic (exact) mass is 235 g/mol. The number of pyridine rings is 1. The van der Waals surface area contributed by atoms with Crippen LogP contribution in [0.25, 0.3) is 11.0 Å². The molecule has 0 radical (unpaired) electrons. The highest BCUT2D eigenvalue weighted by molar-refractivity contribution is 6.30. The lowest BCUT2D eigenvalue weighted by Crippen LogP contribution is -2.12. The van der Waals surface area contributed by atoms with Crippen molar-refractivity contribution in [2.24, 2.45) is 10.7 Å². The Labute approximate surface area is 95.2 Å². The molecule has 80 valence electrons. The van der Waals surface area contributed by atoms with E-state index in [1.54, 1.807) is 0 Å². The second kappa shape index (κ2) is 3.82. The maximum atomic E-state index is 11.2. The third-order valence-electron chi connectivity index (χ3n) is 1.96. The summed E-state index contributed by atoms with van der Waals surface area (Å²) in [6.07, 6.45) is 1.26. The van der Waals surface area contributed by atoms with E-state index in [1.807, 2.05) is 0 Å². The summed E-state index contributed by atoms with van der Waals surface area (Å²) in [6, 6.07) is 1.35. The van der Waals surface area contributed by atoms with Crippen LogP contribution in [0.2, 0.25) is 5.15 Å². The van der Waals surface area contributed by atoms with Gasteiger partial charge in [-0.25, -0.2) is 19.9 Å². The molecular weight excluding hydrogens is 230 g/mol. The summed E-state index contributed by atoms with van der Waals surface area (Å²) in [6.45, 7) is 3.35. The van der Waals surface area contributed by atoms with Gasteiger partial charge in [-0.3, -0.25) is 4.79 Å². The van der Waals surface area contributed by atoms with E-state index in [2.05, 4.69) is 26.7 Å². The van der Waals surface area contributed by atoms with Gasteiger partial charge in [-0.15, -0.1) is 0 Å². The summed E-state index contributed by atoms with van der Waals surface area (Å²) >= 11 is 5.76. The molecule has 0 bridgehead atoms. The predicted octanol–water partition coefficient (Wildman–Crippen LogP) is 1.11. The van der Waals surface area contributed by atoms with E-state index in [1.165, 1.54) is 12.4 Å². The molecule has 2 aromatic heterocycles. The minimum absolute atomic E-state index is 0.126. The van der Waals surface area contributed by atoms with Gasteiger partial charge in [0.2, 0.25) is 0 Å². The topological polar surface area (TPSA) is 94.1 Å². The van der Waals surface area contributed by atoms with Gasteiger partial charge in [-0.2, -0.15) is 0 Å². The Morgan fingerprint density at radius 1 is 1.44 bits per heavy atom. The summed E-state index contributed by atoms with van der Waals surface area (Å²) in [5, 5.41) is 0.126. The molecule has 16 heavy (non-hydrogen) atoms. The highest BCUT2D eigenvalue weighted by Crippen LogP contribution is 2.24. The van der Waals surface area contributed by atoms with Crippen molar-refractivity contribution >= 4 is 41.1 Å². The van der Waals surface area contributed by atoms with E-state index >= 15 is 0 Å². The second-order valence-electron chi connectivity index (χ2n) is 2.91. The third kappa shape index (κ3) is 1.59. The molecule has 2 heterocycles. The lowest BCUT2D eigenvalue weighted by Gasteiger charge is -2.03. The van der Waals surface area contributed by atoms with Gasteiger partial charge in [-0.05, 0) is 12.8 Å². The number of halogens is 1. The quantitative estimate of drug-likeness (QED) is 0.623. The van der Waals surface area contributed by atoms with E-state index in [9.17, 15) is 4.79 Å². The molecule has 0 fully saturated rings. The molecule has 0 aromatic carbocycles. The van der Waals surface area contributed by atoms with Crippen molar-refractivity contribution in [2.45, 2.75) is 0 Å². The Balaban J connectivity index is 2.93. The standard InChI is InChI=1S/C9H6ClN5O/c1-12-9-7-6(13-3-14-9)4(8(11)16)2-5(10)15-7/h2-3H,1H2,(H2,11,16). The molecule has 0 aliphatic carbocycles. The number of carbonyl (C=O) groups excluding carboxylic acids is 1. The number of carbonyl (C=O) groups is 1. The van der Waals surface area contributed by atoms with Crippen LogP contribution in [-0.4, -0.2) is 27.6 Å². The van der Waals surface area contributed by atoms with Gasteiger partial charge >= 0.3 is 0 Å². The number of nitrogens with two attached hydrogens (primary N) is 1. The smallest absolute Gasteiger partial charge is 0.251 e. The molecule has 0 aliphatic heterocycles. The van der Waals surface area contributed by atoms with E-state index in [-0.39, 0.29) is 16.5 Å². The number of hydrogen-bond acceptors (Lipinski definition) is 5. The van der Waals surface area contributed by atoms with Crippen LogP contribution in [0, 0.1) is 0 Å². The van der Waals surface area contributed by atoms with Gasteiger partial charge in [0.25, 0.3) is 5.91 Å². The van der Waals surface area contributed by atoms with Crippen LogP contribution in [0.1, 0.15) is 10.4 Å². The number of aromatic nitrogens is 3. The zero-order valence-corrected chi connectivity index (χ0v) is 8.77. The molecular formula is C9H6ClN5O. The highest BCUT2D eigenvalue weighted by atomic mass is 35.5. The Morgan fingerprint density at radius 3 is 2.81 bits per heavy atom. The highest BCUT2D eigenvalue weighted by Gasteiger charge is 2.13. The molecule has 1 amide bonds. The number of aliphatic imine (C=N–C) groups is 1. The average Bonchev–Trinajstić information content (AvgIpc) is 2.27. The minimum atomic E-state index is -0.636. The SMILES string of the molecule is C=Nc1ncnc2c(C(N)=O)cc(Cl)nc12. The summed E-state index contributed by atoms with van der Waals surface area (Å²) in [5.74, 6) is -0.377. The Kier molecular flexibility index (Phi) is 2.49. The van der Waals surface area contributed by atoms with Crippen LogP contribution < -0.4 is 5.73 Å². The number of amides is 1. The minimum Gasteiger partial charge on any atom is -0.366 e. The lowest BCUT2D eigenvalue weighted by atomic mass is 10.2. The molecule has 0 aliphatic rings. The predicted molar refractivity (Wildman–Crippen MR) is 60.1 cm³/mol. The van der Waals surface area contributed by atoms with Crippen LogP contribution in [0.3, 0.4) is 0 Å². The molecule has 2 rings (SSSR count). The summed E-state index contributed by atoms with van der Waals surface area (Å²) in [4.78, 5) is 26.6. The lowest BCUT2D eigenvalue weighted by molar-refractivity contribution is 0.100. The Bertz CT molecular complexity index is 598. The fourth-order valence-electron chi connectivity index (χ4n) is 1.30. The van der Waals surface area contributed by atoms with Crippen LogP contribution >= 0.6 is 11.6 Å². The van der Waals surface area contributed by atoms with Gasteiger partial charge in [0.05, 0.1) is 5.56 Å². The maximum Gasteiger partial charge on any atom is 0.251 e. The van der Waals surface area contributed by atoms with Crippen molar-refractivity contribution in [1.29, 1.82) is 0 Å². The van der Waals surface area contributed by atoms with Crippen LogP contribution in [0.5, 0.6) is 0 Å². The molecule has 0 saturated heterocycles. The van der Waals surface area contributed by atoms with E-state index in [0.29, 0.717) is 11.0 Å². The number of hydrogen-bond donors (Lipinski definition) is 1. The number of nitrogens with zero attached hydrogens (tertiary/aromatic N) is 4. The first-order valence-corrected chi connectivity index (χ1v) is 4.59. The number of primary amides is 1. The molecule has 0 unspecified atom stereocenters. The molecule has 2 N–H and O–H groups in total. The molecule has 2 aromatic rings. The van der Waals surface area contributed by atoms with E-state index in [4.69, 9.17) is 17.3 Å². The fourth-order valence-corrected chi connectivity index (χ4v) is 1.49. The molecule has 6 nitrogen and oxygen atoms in total. The average molecular weight is 236 g/mol. The van der Waals surface area contributed by atoms with Crippen LogP contribution in [0.4, 0.5) is 5.82 Å². The molecule has 7 heteroatoms. The number of fused-ring (bicyclic) bond motifs is 1. The van der Waals surface area contributed by atoms with Crippen molar-refractivity contribution in [3.8, 4) is 0 Å². The van der Waals surface area contributed by atoms with Crippen LogP contribution in [-0.2, 0) is 0 Å². The van der Waals surface area contributed by atoms with Crippen molar-refractivity contribution in [3.05, 3.63) is 23.1 Å².